The fourth-order valence-corrected chi connectivity index (χ4v) is 4.67. The summed E-state index contributed by atoms with van der Waals surface area (Å²) in [6.07, 6.45) is 2.13. The average molecular weight is 348 g/mol. The second-order valence-corrected chi connectivity index (χ2v) is 7.34. The lowest BCUT2D eigenvalue weighted by Crippen LogP contribution is -2.28. The van der Waals surface area contributed by atoms with E-state index in [0.29, 0.717) is 0 Å². The van der Waals surface area contributed by atoms with Crippen LogP contribution in [0.4, 0.5) is 0 Å². The molecule has 0 spiro atoms. The van der Waals surface area contributed by atoms with Gasteiger partial charge in [0.15, 0.2) is 6.20 Å². The Bertz CT molecular complexity index is 1540. The van der Waals surface area contributed by atoms with Gasteiger partial charge in [0.1, 0.15) is 18.2 Å². The number of fused-ring (bicyclic) bond motifs is 10. The van der Waals surface area contributed by atoms with Crippen molar-refractivity contribution in [1.29, 1.82) is 0 Å². The molecule has 0 atom stereocenters. The lowest BCUT2D eigenvalue weighted by Gasteiger charge is -2.11. The molecule has 0 radical (unpaired) electrons. The van der Waals surface area contributed by atoms with Gasteiger partial charge in [-0.3, -0.25) is 0 Å². The monoisotopic (exact) mass is 348 g/mol. The number of pyridine rings is 1. The molecule has 27 heavy (non-hydrogen) atoms. The summed E-state index contributed by atoms with van der Waals surface area (Å²) in [6.45, 7) is 2.19. The van der Waals surface area contributed by atoms with Gasteiger partial charge in [-0.25, -0.2) is 4.57 Å². The smallest absolute Gasteiger partial charge is 0.221 e. The van der Waals surface area contributed by atoms with E-state index in [9.17, 15) is 0 Å². The molecule has 0 aliphatic carbocycles. The second kappa shape index (κ2) is 5.08. The van der Waals surface area contributed by atoms with Gasteiger partial charge in [-0.1, -0.05) is 42.5 Å². The second-order valence-electron chi connectivity index (χ2n) is 7.34. The van der Waals surface area contributed by atoms with Crippen LogP contribution in [0.25, 0.3) is 54.4 Å². The number of aromatic nitrogens is 1. The predicted octanol–water partition coefficient (Wildman–Crippen LogP) is 6.18. The molecular formula is C25H18NO+. The Balaban J connectivity index is 2.10. The van der Waals surface area contributed by atoms with Gasteiger partial charge in [-0.2, -0.15) is 0 Å². The molecule has 0 aliphatic rings. The van der Waals surface area contributed by atoms with E-state index in [1.807, 2.05) is 6.07 Å². The molecule has 0 saturated carbocycles. The molecule has 0 N–H and O–H groups in total. The number of furan rings is 1. The summed E-state index contributed by atoms with van der Waals surface area (Å²) in [5.74, 6) is 0. The van der Waals surface area contributed by atoms with Crippen LogP contribution in [-0.4, -0.2) is 0 Å². The first-order chi connectivity index (χ1) is 13.2. The lowest BCUT2D eigenvalue weighted by molar-refractivity contribution is -0.644. The Morgan fingerprint density at radius 3 is 2.22 bits per heavy atom. The molecule has 2 aromatic heterocycles. The molecule has 0 unspecified atom stereocenters. The van der Waals surface area contributed by atoms with Gasteiger partial charge in [-0.05, 0) is 41.5 Å². The highest BCUT2D eigenvalue weighted by atomic mass is 16.3. The average Bonchev–Trinajstić information content (AvgIpc) is 3.06. The zero-order valence-electron chi connectivity index (χ0n) is 15.3. The third-order valence-electron chi connectivity index (χ3n) is 5.77. The Morgan fingerprint density at radius 2 is 1.37 bits per heavy atom. The molecule has 2 heteroatoms. The summed E-state index contributed by atoms with van der Waals surface area (Å²) in [5, 5.41) is 8.86. The lowest BCUT2D eigenvalue weighted by atomic mass is 9.91. The van der Waals surface area contributed by atoms with Crippen molar-refractivity contribution >= 4 is 54.4 Å². The fraction of sp³-hybridized carbons (Fsp3) is 0.0800. The number of rotatable bonds is 0. The van der Waals surface area contributed by atoms with Crippen LogP contribution in [0.3, 0.4) is 0 Å². The molecular weight excluding hydrogens is 330 g/mol. The van der Waals surface area contributed by atoms with Gasteiger partial charge in [0, 0.05) is 22.2 Å². The molecule has 0 fully saturated rings. The van der Waals surface area contributed by atoms with Crippen molar-refractivity contribution in [3.05, 3.63) is 78.5 Å². The van der Waals surface area contributed by atoms with Gasteiger partial charge in [0.25, 0.3) is 0 Å². The number of nitrogens with zero attached hydrogens (tertiary/aromatic N) is 1. The van der Waals surface area contributed by atoms with Crippen LogP contribution in [0.5, 0.6) is 0 Å². The molecule has 0 amide bonds. The van der Waals surface area contributed by atoms with Gasteiger partial charge in [-0.15, -0.1) is 0 Å². The summed E-state index contributed by atoms with van der Waals surface area (Å²) < 4.78 is 8.47. The first-order valence-electron chi connectivity index (χ1n) is 9.27. The van der Waals surface area contributed by atoms with E-state index in [2.05, 4.69) is 85.4 Å². The summed E-state index contributed by atoms with van der Waals surface area (Å²) in [5.41, 5.74) is 4.43. The number of hydrogen-bond acceptors (Lipinski definition) is 1. The summed E-state index contributed by atoms with van der Waals surface area (Å²) in [6, 6.07) is 23.6. The van der Waals surface area contributed by atoms with Crippen LogP contribution in [0, 0.1) is 6.92 Å². The summed E-state index contributed by atoms with van der Waals surface area (Å²) >= 11 is 0. The molecule has 0 bridgehead atoms. The minimum atomic E-state index is 0.945. The van der Waals surface area contributed by atoms with E-state index in [1.165, 1.54) is 48.8 Å². The SMILES string of the molecule is Cc1cc2oc3ccccc3c2c2c3ccccc3c3ccc[n+](C)c3c12. The molecule has 0 saturated heterocycles. The molecule has 4 aromatic carbocycles. The normalized spacial score (nSPS) is 12.1. The quantitative estimate of drug-likeness (QED) is 0.237. The Morgan fingerprint density at radius 1 is 0.667 bits per heavy atom. The largest absolute Gasteiger partial charge is 0.456 e. The van der Waals surface area contributed by atoms with Crippen molar-refractivity contribution in [3.8, 4) is 0 Å². The van der Waals surface area contributed by atoms with Gasteiger partial charge in [0.2, 0.25) is 5.52 Å². The van der Waals surface area contributed by atoms with Gasteiger partial charge in [0.05, 0.1) is 10.8 Å². The Labute approximate surface area is 156 Å². The third kappa shape index (κ3) is 1.82. The molecule has 6 aromatic rings. The highest BCUT2D eigenvalue weighted by Crippen LogP contribution is 2.42. The van der Waals surface area contributed by atoms with Crippen LogP contribution in [0.1, 0.15) is 5.56 Å². The topological polar surface area (TPSA) is 17.0 Å². The van der Waals surface area contributed by atoms with Crippen LogP contribution in [-0.2, 0) is 7.05 Å². The Kier molecular flexibility index (Phi) is 2.77. The van der Waals surface area contributed by atoms with Crippen molar-refractivity contribution in [2.75, 3.05) is 0 Å². The van der Waals surface area contributed by atoms with E-state index in [-0.39, 0.29) is 0 Å². The fourth-order valence-electron chi connectivity index (χ4n) is 4.67. The van der Waals surface area contributed by atoms with E-state index in [4.69, 9.17) is 4.42 Å². The zero-order chi connectivity index (χ0) is 18.1. The van der Waals surface area contributed by atoms with Crippen molar-refractivity contribution < 1.29 is 8.98 Å². The van der Waals surface area contributed by atoms with Crippen molar-refractivity contribution in [2.24, 2.45) is 7.05 Å². The maximum Gasteiger partial charge on any atom is 0.221 e. The van der Waals surface area contributed by atoms with E-state index >= 15 is 0 Å². The predicted molar refractivity (Wildman–Crippen MR) is 112 cm³/mol. The molecule has 6 rings (SSSR count). The Hall–Kier alpha value is -3.39. The molecule has 2 heterocycles. The molecule has 128 valence electrons. The van der Waals surface area contributed by atoms with Crippen LogP contribution in [0.2, 0.25) is 0 Å². The number of para-hydroxylation sites is 1. The minimum absolute atomic E-state index is 0.945. The first-order valence-corrected chi connectivity index (χ1v) is 9.27. The molecule has 2 nitrogen and oxygen atoms in total. The first kappa shape index (κ1) is 14.7. The zero-order valence-corrected chi connectivity index (χ0v) is 15.3. The number of hydrogen-bond donors (Lipinski definition) is 0. The van der Waals surface area contributed by atoms with Crippen molar-refractivity contribution in [3.63, 3.8) is 0 Å². The number of aryl methyl sites for hydroxylation is 2. The minimum Gasteiger partial charge on any atom is -0.456 e. The highest BCUT2D eigenvalue weighted by Gasteiger charge is 2.21. The summed E-state index contributed by atoms with van der Waals surface area (Å²) in [7, 11) is 2.13. The van der Waals surface area contributed by atoms with Crippen LogP contribution in [0.15, 0.2) is 77.3 Å². The van der Waals surface area contributed by atoms with Gasteiger partial charge < -0.3 is 4.42 Å². The maximum atomic E-state index is 6.23. The molecule has 0 aliphatic heterocycles. The van der Waals surface area contributed by atoms with Crippen molar-refractivity contribution in [1.82, 2.24) is 0 Å². The van der Waals surface area contributed by atoms with E-state index < -0.39 is 0 Å². The highest BCUT2D eigenvalue weighted by molar-refractivity contribution is 6.34. The summed E-state index contributed by atoms with van der Waals surface area (Å²) in [4.78, 5) is 0. The van der Waals surface area contributed by atoms with Crippen molar-refractivity contribution in [2.45, 2.75) is 6.92 Å². The van der Waals surface area contributed by atoms with Crippen LogP contribution < -0.4 is 4.57 Å². The van der Waals surface area contributed by atoms with E-state index in [0.717, 1.165) is 11.2 Å². The maximum absolute atomic E-state index is 6.23. The number of benzene rings is 4. The standard InChI is InChI=1S/C25H18NO/c1-15-14-21-23(19-10-5-6-12-20(19)27-21)24-17-9-4-3-8-16(17)18-11-7-13-26(2)25(18)22(15)24/h3-14H,1-2H3/q+1. The van der Waals surface area contributed by atoms with Gasteiger partial charge >= 0.3 is 0 Å². The third-order valence-corrected chi connectivity index (χ3v) is 5.77. The van der Waals surface area contributed by atoms with Crippen LogP contribution >= 0.6 is 0 Å². The van der Waals surface area contributed by atoms with E-state index in [1.54, 1.807) is 0 Å².